The summed E-state index contributed by atoms with van der Waals surface area (Å²) in [5.74, 6) is 1.29. The fraction of sp³-hybridized carbons (Fsp3) is 0.750. The fourth-order valence-electron chi connectivity index (χ4n) is 1.72. The molecule has 1 heterocycles. The van der Waals surface area contributed by atoms with E-state index < -0.39 is 0 Å². The van der Waals surface area contributed by atoms with Crippen molar-refractivity contribution in [2.75, 3.05) is 18.6 Å². The lowest BCUT2D eigenvalue weighted by Crippen LogP contribution is -2.16. The van der Waals surface area contributed by atoms with Crippen molar-refractivity contribution in [2.24, 2.45) is 7.05 Å². The normalized spacial score (nSPS) is 10.9. The van der Waals surface area contributed by atoms with Crippen molar-refractivity contribution in [3.05, 3.63) is 17.5 Å². The third kappa shape index (κ3) is 5.03. The third-order valence-electron chi connectivity index (χ3n) is 2.61. The van der Waals surface area contributed by atoms with Gasteiger partial charge in [-0.15, -0.1) is 0 Å². The van der Waals surface area contributed by atoms with Crippen molar-refractivity contribution in [3.63, 3.8) is 0 Å². The van der Waals surface area contributed by atoms with Crippen LogP contribution in [0.5, 0.6) is 0 Å². The first-order valence-electron chi connectivity index (χ1n) is 5.93. The molecule has 0 amide bonds. The van der Waals surface area contributed by atoms with Gasteiger partial charge < -0.3 is 5.32 Å². The second kappa shape index (κ2) is 7.74. The molecule has 0 spiro atoms. The van der Waals surface area contributed by atoms with Crippen LogP contribution in [0, 0.1) is 6.92 Å². The molecule has 0 aliphatic carbocycles. The fourth-order valence-corrected chi connectivity index (χ4v) is 2.21. The third-order valence-corrected chi connectivity index (χ3v) is 3.30. The number of hydrogen-bond donors (Lipinski definition) is 1. The first-order chi connectivity index (χ1) is 7.74. The highest BCUT2D eigenvalue weighted by atomic mass is 32.2. The van der Waals surface area contributed by atoms with Crippen molar-refractivity contribution < 1.29 is 0 Å². The zero-order valence-corrected chi connectivity index (χ0v) is 11.4. The molecule has 0 bridgehead atoms. The molecule has 4 heteroatoms. The van der Waals surface area contributed by atoms with Gasteiger partial charge in [0.05, 0.1) is 11.4 Å². The Hall–Kier alpha value is -0.480. The Balaban J connectivity index is 2.05. The quantitative estimate of drug-likeness (QED) is 0.709. The zero-order chi connectivity index (χ0) is 11.8. The molecule has 0 aliphatic rings. The Morgan fingerprint density at radius 3 is 2.81 bits per heavy atom. The van der Waals surface area contributed by atoms with Crippen molar-refractivity contribution >= 4 is 11.8 Å². The standard InChI is InChI=1S/C12H23N3S/c1-11-9-12(15(2)14-11)10-13-7-5-4-6-8-16-3/h9,13H,4-8,10H2,1-3H3. The molecule has 0 saturated heterocycles. The van der Waals surface area contributed by atoms with E-state index >= 15 is 0 Å². The van der Waals surface area contributed by atoms with E-state index in [2.05, 4.69) is 22.7 Å². The smallest absolute Gasteiger partial charge is 0.0597 e. The second-order valence-electron chi connectivity index (χ2n) is 4.13. The van der Waals surface area contributed by atoms with Crippen LogP contribution in [0.2, 0.25) is 0 Å². The van der Waals surface area contributed by atoms with E-state index in [4.69, 9.17) is 0 Å². The minimum Gasteiger partial charge on any atom is -0.311 e. The van der Waals surface area contributed by atoms with Gasteiger partial charge in [0.1, 0.15) is 0 Å². The van der Waals surface area contributed by atoms with Gasteiger partial charge in [-0.3, -0.25) is 4.68 Å². The van der Waals surface area contributed by atoms with Crippen LogP contribution in [-0.4, -0.2) is 28.3 Å². The van der Waals surface area contributed by atoms with Crippen LogP contribution in [-0.2, 0) is 13.6 Å². The molecular weight excluding hydrogens is 218 g/mol. The number of aromatic nitrogens is 2. The summed E-state index contributed by atoms with van der Waals surface area (Å²) in [5.41, 5.74) is 2.36. The van der Waals surface area contributed by atoms with Gasteiger partial charge in [0.25, 0.3) is 0 Å². The molecule has 0 aliphatic heterocycles. The minimum absolute atomic E-state index is 0.930. The van der Waals surface area contributed by atoms with Crippen molar-refractivity contribution in [1.82, 2.24) is 15.1 Å². The SMILES string of the molecule is CSCCCCCNCc1cc(C)nn1C. The van der Waals surface area contributed by atoms with E-state index in [1.807, 2.05) is 30.4 Å². The van der Waals surface area contributed by atoms with Crippen LogP contribution < -0.4 is 5.32 Å². The number of aryl methyl sites for hydroxylation is 2. The van der Waals surface area contributed by atoms with Gasteiger partial charge in [-0.2, -0.15) is 16.9 Å². The summed E-state index contributed by atoms with van der Waals surface area (Å²) in [6, 6.07) is 2.14. The van der Waals surface area contributed by atoms with Gasteiger partial charge in [-0.1, -0.05) is 6.42 Å². The summed E-state index contributed by atoms with van der Waals surface area (Å²) >= 11 is 1.93. The van der Waals surface area contributed by atoms with E-state index in [9.17, 15) is 0 Å². The molecule has 0 fully saturated rings. The highest BCUT2D eigenvalue weighted by molar-refractivity contribution is 7.98. The molecule has 16 heavy (non-hydrogen) atoms. The number of nitrogens with zero attached hydrogens (tertiary/aromatic N) is 2. The molecule has 92 valence electrons. The monoisotopic (exact) mass is 241 g/mol. The molecule has 0 radical (unpaired) electrons. The van der Waals surface area contributed by atoms with Gasteiger partial charge in [-0.05, 0) is 44.4 Å². The average Bonchev–Trinajstić information content (AvgIpc) is 2.56. The molecule has 3 nitrogen and oxygen atoms in total. The first kappa shape index (κ1) is 13.6. The molecule has 1 aromatic heterocycles. The molecular formula is C12H23N3S. The maximum atomic E-state index is 4.32. The zero-order valence-electron chi connectivity index (χ0n) is 10.6. The second-order valence-corrected chi connectivity index (χ2v) is 5.12. The Labute approximate surface area is 103 Å². The topological polar surface area (TPSA) is 29.9 Å². The van der Waals surface area contributed by atoms with Gasteiger partial charge in [0.2, 0.25) is 0 Å². The van der Waals surface area contributed by atoms with Crippen LogP contribution in [0.1, 0.15) is 30.7 Å². The van der Waals surface area contributed by atoms with E-state index in [1.165, 1.54) is 30.7 Å². The molecule has 0 unspecified atom stereocenters. The Bertz CT molecular complexity index is 296. The largest absolute Gasteiger partial charge is 0.311 e. The molecule has 0 saturated carbocycles. The highest BCUT2D eigenvalue weighted by Gasteiger charge is 2.00. The lowest BCUT2D eigenvalue weighted by atomic mass is 10.2. The predicted molar refractivity (Wildman–Crippen MR) is 71.9 cm³/mol. The van der Waals surface area contributed by atoms with Gasteiger partial charge in [-0.25, -0.2) is 0 Å². The number of thioether (sulfide) groups is 1. The maximum absolute atomic E-state index is 4.32. The van der Waals surface area contributed by atoms with Crippen molar-refractivity contribution in [2.45, 2.75) is 32.7 Å². The number of rotatable bonds is 8. The highest BCUT2D eigenvalue weighted by Crippen LogP contribution is 2.03. The van der Waals surface area contributed by atoms with Crippen LogP contribution in [0.25, 0.3) is 0 Å². The van der Waals surface area contributed by atoms with E-state index in [1.54, 1.807) is 0 Å². The Morgan fingerprint density at radius 2 is 2.19 bits per heavy atom. The van der Waals surface area contributed by atoms with Crippen LogP contribution in [0.4, 0.5) is 0 Å². The molecule has 1 N–H and O–H groups in total. The van der Waals surface area contributed by atoms with Crippen LogP contribution >= 0.6 is 11.8 Å². The summed E-state index contributed by atoms with van der Waals surface area (Å²) < 4.78 is 1.95. The van der Waals surface area contributed by atoms with Crippen molar-refractivity contribution in [3.8, 4) is 0 Å². The summed E-state index contributed by atoms with van der Waals surface area (Å²) in [7, 11) is 2.00. The summed E-state index contributed by atoms with van der Waals surface area (Å²) in [6.07, 6.45) is 6.12. The molecule has 0 atom stereocenters. The lowest BCUT2D eigenvalue weighted by Gasteiger charge is -2.04. The van der Waals surface area contributed by atoms with E-state index in [-0.39, 0.29) is 0 Å². The summed E-state index contributed by atoms with van der Waals surface area (Å²) in [4.78, 5) is 0. The van der Waals surface area contributed by atoms with E-state index in [0.717, 1.165) is 18.8 Å². The number of nitrogens with one attached hydrogen (secondary N) is 1. The summed E-state index contributed by atoms with van der Waals surface area (Å²) in [6.45, 7) is 4.07. The number of unbranched alkanes of at least 4 members (excludes halogenated alkanes) is 2. The number of hydrogen-bond acceptors (Lipinski definition) is 3. The Morgan fingerprint density at radius 1 is 1.38 bits per heavy atom. The summed E-state index contributed by atoms with van der Waals surface area (Å²) in [5, 5.41) is 7.79. The van der Waals surface area contributed by atoms with Crippen LogP contribution in [0.15, 0.2) is 6.07 Å². The molecule has 0 aromatic carbocycles. The minimum atomic E-state index is 0.930. The average molecular weight is 241 g/mol. The van der Waals surface area contributed by atoms with Gasteiger partial charge >= 0.3 is 0 Å². The van der Waals surface area contributed by atoms with E-state index in [0.29, 0.717) is 0 Å². The van der Waals surface area contributed by atoms with Crippen LogP contribution in [0.3, 0.4) is 0 Å². The Kier molecular flexibility index (Phi) is 6.57. The predicted octanol–water partition coefficient (Wildman–Crippen LogP) is 2.35. The molecule has 1 aromatic rings. The molecule has 1 rings (SSSR count). The van der Waals surface area contributed by atoms with Crippen molar-refractivity contribution in [1.29, 1.82) is 0 Å². The van der Waals surface area contributed by atoms with Gasteiger partial charge in [0, 0.05) is 13.6 Å². The maximum Gasteiger partial charge on any atom is 0.0597 e. The lowest BCUT2D eigenvalue weighted by molar-refractivity contribution is 0.589. The first-order valence-corrected chi connectivity index (χ1v) is 7.32. The van der Waals surface area contributed by atoms with Gasteiger partial charge in [0.15, 0.2) is 0 Å².